The van der Waals surface area contributed by atoms with Gasteiger partial charge in [0.2, 0.25) is 0 Å². The lowest BCUT2D eigenvalue weighted by molar-refractivity contribution is 0.223. The number of nitrogens with one attached hydrogen (secondary N) is 2. The van der Waals surface area contributed by atoms with Crippen molar-refractivity contribution in [2.24, 2.45) is 4.99 Å². The average Bonchev–Trinajstić information content (AvgIpc) is 2.95. The molecule has 1 atom stereocenters. The van der Waals surface area contributed by atoms with E-state index in [1.165, 1.54) is 4.88 Å². The van der Waals surface area contributed by atoms with Crippen LogP contribution in [0.1, 0.15) is 29.4 Å². The first-order valence-corrected chi connectivity index (χ1v) is 9.59. The largest absolute Gasteiger partial charge is 0.497 e. The van der Waals surface area contributed by atoms with Gasteiger partial charge in [-0.3, -0.25) is 0 Å². The van der Waals surface area contributed by atoms with Crippen LogP contribution < -0.4 is 20.1 Å². The van der Waals surface area contributed by atoms with Crippen LogP contribution in [0.2, 0.25) is 0 Å². The van der Waals surface area contributed by atoms with Gasteiger partial charge in [0.15, 0.2) is 5.96 Å². The Balaban J connectivity index is 0.00000364. The van der Waals surface area contributed by atoms with E-state index in [1.54, 1.807) is 18.4 Å². The first-order valence-electron chi connectivity index (χ1n) is 8.77. The molecule has 0 saturated carbocycles. The number of nitrogens with zero attached hydrogens (tertiary/aromatic N) is 2. The summed E-state index contributed by atoms with van der Waals surface area (Å²) >= 11 is 1.69. The van der Waals surface area contributed by atoms with E-state index in [9.17, 15) is 0 Å². The monoisotopic (exact) mass is 504 g/mol. The van der Waals surface area contributed by atoms with Crippen molar-refractivity contribution in [3.05, 3.63) is 39.8 Å². The molecule has 0 aliphatic carbocycles. The molecular formula is C19H29IN4O2S. The molecule has 0 spiro atoms. The van der Waals surface area contributed by atoms with Gasteiger partial charge in [0.1, 0.15) is 22.6 Å². The van der Waals surface area contributed by atoms with E-state index in [-0.39, 0.29) is 30.1 Å². The predicted molar refractivity (Wildman–Crippen MR) is 123 cm³/mol. The summed E-state index contributed by atoms with van der Waals surface area (Å²) in [5, 5.41) is 7.60. The van der Waals surface area contributed by atoms with E-state index < -0.39 is 0 Å². The van der Waals surface area contributed by atoms with Crippen molar-refractivity contribution in [1.29, 1.82) is 0 Å². The van der Waals surface area contributed by atoms with Crippen LogP contribution in [-0.4, -0.2) is 37.2 Å². The van der Waals surface area contributed by atoms with Crippen LogP contribution >= 0.6 is 35.3 Å². The van der Waals surface area contributed by atoms with Crippen molar-refractivity contribution >= 4 is 41.3 Å². The number of hydrogen-bond donors (Lipinski definition) is 2. The number of rotatable bonds is 8. The smallest absolute Gasteiger partial charge is 0.191 e. The predicted octanol–water partition coefficient (Wildman–Crippen LogP) is 3.91. The normalized spacial score (nSPS) is 12.1. The third-order valence-electron chi connectivity index (χ3n) is 3.72. The Morgan fingerprint density at radius 1 is 1.26 bits per heavy atom. The van der Waals surface area contributed by atoms with Crippen molar-refractivity contribution < 1.29 is 9.47 Å². The van der Waals surface area contributed by atoms with Gasteiger partial charge in [-0.25, -0.2) is 9.98 Å². The highest BCUT2D eigenvalue weighted by Gasteiger charge is 2.08. The Hall–Kier alpha value is -1.55. The summed E-state index contributed by atoms with van der Waals surface area (Å²) in [7, 11) is 1.65. The van der Waals surface area contributed by atoms with Gasteiger partial charge in [0, 0.05) is 17.5 Å². The minimum atomic E-state index is -0.0182. The maximum absolute atomic E-state index is 5.93. The minimum absolute atomic E-state index is 0. The number of hydrogen-bond acceptors (Lipinski definition) is 5. The summed E-state index contributed by atoms with van der Waals surface area (Å²) in [6, 6.07) is 7.61. The standard InChI is InChI=1S/C19H28N4O2S.HI/c1-6-20-19(22-12-18-23-14(3)15(4)26-18)21-11-13(2)25-17-9-7-8-16(10-17)24-5;/h7-10,13H,6,11-12H2,1-5H3,(H2,20,21,22);1H. The molecular weight excluding hydrogens is 475 g/mol. The molecule has 0 amide bonds. The highest BCUT2D eigenvalue weighted by molar-refractivity contribution is 14.0. The van der Waals surface area contributed by atoms with Crippen molar-refractivity contribution in [2.75, 3.05) is 20.2 Å². The number of halogens is 1. The number of thiazole rings is 1. The van der Waals surface area contributed by atoms with Gasteiger partial charge < -0.3 is 20.1 Å². The number of aryl methyl sites for hydroxylation is 2. The van der Waals surface area contributed by atoms with Crippen molar-refractivity contribution in [3.8, 4) is 11.5 Å². The Bertz CT molecular complexity index is 717. The SMILES string of the molecule is CCNC(=NCc1nc(C)c(C)s1)NCC(C)Oc1cccc(OC)c1.I. The zero-order valence-electron chi connectivity index (χ0n) is 16.5. The maximum Gasteiger partial charge on any atom is 0.191 e. The molecule has 0 radical (unpaired) electrons. The number of methoxy groups -OCH3 is 1. The van der Waals surface area contributed by atoms with Gasteiger partial charge in [-0.05, 0) is 39.8 Å². The van der Waals surface area contributed by atoms with E-state index in [1.807, 2.05) is 45.0 Å². The highest BCUT2D eigenvalue weighted by Crippen LogP contribution is 2.20. The fraction of sp³-hybridized carbons (Fsp3) is 0.474. The van der Waals surface area contributed by atoms with Crippen molar-refractivity contribution in [1.82, 2.24) is 15.6 Å². The molecule has 2 aromatic rings. The molecule has 0 aliphatic heterocycles. The third kappa shape index (κ3) is 7.92. The lowest BCUT2D eigenvalue weighted by Crippen LogP contribution is -2.41. The summed E-state index contributed by atoms with van der Waals surface area (Å²) < 4.78 is 11.2. The first-order chi connectivity index (χ1) is 12.5. The maximum atomic E-state index is 5.93. The molecule has 27 heavy (non-hydrogen) atoms. The zero-order valence-corrected chi connectivity index (χ0v) is 19.7. The van der Waals surface area contributed by atoms with Crippen LogP contribution in [0.5, 0.6) is 11.5 Å². The average molecular weight is 504 g/mol. The fourth-order valence-electron chi connectivity index (χ4n) is 2.28. The summed E-state index contributed by atoms with van der Waals surface area (Å²) in [4.78, 5) is 10.4. The van der Waals surface area contributed by atoms with Gasteiger partial charge >= 0.3 is 0 Å². The quantitative estimate of drug-likeness (QED) is 0.324. The van der Waals surface area contributed by atoms with Crippen LogP contribution in [0.15, 0.2) is 29.3 Å². The molecule has 2 N–H and O–H groups in total. The molecule has 0 saturated heterocycles. The van der Waals surface area contributed by atoms with E-state index in [2.05, 4.69) is 27.5 Å². The zero-order chi connectivity index (χ0) is 18.9. The lowest BCUT2D eigenvalue weighted by Gasteiger charge is -2.18. The number of ether oxygens (including phenoxy) is 2. The summed E-state index contributed by atoms with van der Waals surface area (Å²) in [5.74, 6) is 2.33. The van der Waals surface area contributed by atoms with Crippen LogP contribution in [-0.2, 0) is 6.54 Å². The number of aromatic nitrogens is 1. The Kier molecular flexibility index (Phi) is 10.5. The van der Waals surface area contributed by atoms with Crippen molar-refractivity contribution in [3.63, 3.8) is 0 Å². The first kappa shape index (κ1) is 23.5. The van der Waals surface area contributed by atoms with Crippen LogP contribution in [0, 0.1) is 13.8 Å². The molecule has 6 nitrogen and oxygen atoms in total. The molecule has 1 aromatic heterocycles. The topological polar surface area (TPSA) is 67.8 Å². The molecule has 1 aromatic carbocycles. The second-order valence-corrected chi connectivity index (χ2v) is 7.22. The number of benzene rings is 1. The van der Waals surface area contributed by atoms with E-state index >= 15 is 0 Å². The van der Waals surface area contributed by atoms with Crippen molar-refractivity contribution in [2.45, 2.75) is 40.3 Å². The van der Waals surface area contributed by atoms with Gasteiger partial charge in [-0.2, -0.15) is 0 Å². The summed E-state index contributed by atoms with van der Waals surface area (Å²) in [6.45, 7) is 10.2. The van der Waals surface area contributed by atoms with E-state index in [4.69, 9.17) is 9.47 Å². The molecule has 1 unspecified atom stereocenters. The molecule has 0 aliphatic rings. The van der Waals surface area contributed by atoms with Gasteiger partial charge in [0.05, 0.1) is 25.9 Å². The number of aliphatic imine (C=N–C) groups is 1. The second-order valence-electron chi connectivity index (χ2n) is 5.93. The molecule has 0 fully saturated rings. The van der Waals surface area contributed by atoms with Crippen LogP contribution in [0.3, 0.4) is 0 Å². The molecule has 2 rings (SSSR count). The third-order valence-corrected chi connectivity index (χ3v) is 4.78. The highest BCUT2D eigenvalue weighted by atomic mass is 127. The van der Waals surface area contributed by atoms with Gasteiger partial charge in [-0.15, -0.1) is 35.3 Å². The molecule has 8 heteroatoms. The Labute approximate surface area is 182 Å². The second kappa shape index (κ2) is 12.0. The fourth-order valence-corrected chi connectivity index (χ4v) is 3.14. The Morgan fingerprint density at radius 3 is 2.63 bits per heavy atom. The van der Waals surface area contributed by atoms with Crippen LogP contribution in [0.25, 0.3) is 0 Å². The van der Waals surface area contributed by atoms with Gasteiger partial charge in [-0.1, -0.05) is 6.07 Å². The molecule has 0 bridgehead atoms. The van der Waals surface area contributed by atoms with Gasteiger partial charge in [0.25, 0.3) is 0 Å². The van der Waals surface area contributed by atoms with E-state index in [0.717, 1.165) is 34.7 Å². The molecule has 1 heterocycles. The summed E-state index contributed by atoms with van der Waals surface area (Å²) in [5.41, 5.74) is 1.08. The minimum Gasteiger partial charge on any atom is -0.497 e. The summed E-state index contributed by atoms with van der Waals surface area (Å²) in [6.07, 6.45) is -0.0182. The lowest BCUT2D eigenvalue weighted by atomic mass is 10.3. The van der Waals surface area contributed by atoms with E-state index in [0.29, 0.717) is 13.1 Å². The Morgan fingerprint density at radius 2 is 2.00 bits per heavy atom. The van der Waals surface area contributed by atoms with Crippen LogP contribution in [0.4, 0.5) is 0 Å². The number of guanidine groups is 1. The molecule has 150 valence electrons.